The Kier molecular flexibility index (Phi) is 3.50. The van der Waals surface area contributed by atoms with E-state index in [0.717, 1.165) is 30.6 Å². The molecule has 1 aromatic carbocycles. The predicted octanol–water partition coefficient (Wildman–Crippen LogP) is 2.34. The normalized spacial score (nSPS) is 29.3. The smallest absolute Gasteiger partial charge is 0.123 e. The maximum atomic E-state index is 13.4. The van der Waals surface area contributed by atoms with E-state index in [9.17, 15) is 9.50 Å². The minimum Gasteiger partial charge on any atom is -0.385 e. The van der Waals surface area contributed by atoms with Gasteiger partial charge < -0.3 is 10.4 Å². The molecule has 1 aromatic rings. The van der Waals surface area contributed by atoms with Crippen LogP contribution in [0.2, 0.25) is 0 Å². The Balaban J connectivity index is 2.44. The van der Waals surface area contributed by atoms with E-state index < -0.39 is 5.60 Å². The van der Waals surface area contributed by atoms with Crippen molar-refractivity contribution in [2.24, 2.45) is 5.92 Å². The van der Waals surface area contributed by atoms with Crippen LogP contribution in [-0.2, 0) is 5.60 Å². The van der Waals surface area contributed by atoms with Gasteiger partial charge in [0.05, 0.1) is 5.60 Å². The molecule has 2 rings (SSSR count). The van der Waals surface area contributed by atoms with E-state index in [2.05, 4.69) is 12.2 Å². The lowest BCUT2D eigenvalue weighted by Gasteiger charge is -2.41. The van der Waals surface area contributed by atoms with Gasteiger partial charge in [-0.2, -0.15) is 0 Å². The fourth-order valence-electron chi connectivity index (χ4n) is 2.83. The number of aryl methyl sites for hydroxylation is 1. The van der Waals surface area contributed by atoms with Gasteiger partial charge in [0.2, 0.25) is 0 Å². The molecule has 0 aromatic heterocycles. The third-order valence-electron chi connectivity index (χ3n) is 3.91. The molecule has 2 nitrogen and oxygen atoms in total. The fourth-order valence-corrected chi connectivity index (χ4v) is 2.83. The molecule has 1 saturated heterocycles. The van der Waals surface area contributed by atoms with Crippen LogP contribution in [0.5, 0.6) is 0 Å². The van der Waals surface area contributed by atoms with Crippen LogP contribution < -0.4 is 5.32 Å². The largest absolute Gasteiger partial charge is 0.385 e. The maximum Gasteiger partial charge on any atom is 0.123 e. The zero-order valence-electron chi connectivity index (χ0n) is 10.5. The minimum atomic E-state index is -0.883. The first kappa shape index (κ1) is 12.5. The van der Waals surface area contributed by atoms with Gasteiger partial charge in [0.25, 0.3) is 0 Å². The van der Waals surface area contributed by atoms with Crippen LogP contribution in [0, 0.1) is 18.7 Å². The molecule has 17 heavy (non-hydrogen) atoms. The lowest BCUT2D eigenvalue weighted by molar-refractivity contribution is -0.0485. The Bertz CT molecular complexity index is 407. The quantitative estimate of drug-likeness (QED) is 0.827. The lowest BCUT2D eigenvalue weighted by Crippen LogP contribution is -2.48. The molecule has 1 fully saturated rings. The summed E-state index contributed by atoms with van der Waals surface area (Å²) < 4.78 is 13.4. The number of aliphatic hydroxyl groups is 1. The summed E-state index contributed by atoms with van der Waals surface area (Å²) in [6.07, 6.45) is 1.54. The van der Waals surface area contributed by atoms with Crippen molar-refractivity contribution in [1.82, 2.24) is 5.32 Å². The van der Waals surface area contributed by atoms with Gasteiger partial charge >= 0.3 is 0 Å². The van der Waals surface area contributed by atoms with Crippen molar-refractivity contribution < 1.29 is 9.50 Å². The molecule has 2 unspecified atom stereocenters. The number of rotatable bonds is 2. The zero-order valence-corrected chi connectivity index (χ0v) is 10.5. The summed E-state index contributed by atoms with van der Waals surface area (Å²) in [4.78, 5) is 0. The van der Waals surface area contributed by atoms with Gasteiger partial charge in [-0.05, 0) is 49.6 Å². The van der Waals surface area contributed by atoms with Gasteiger partial charge in [-0.15, -0.1) is 0 Å². The fraction of sp³-hybridized carbons (Fsp3) is 0.571. The second-order valence-electron chi connectivity index (χ2n) is 4.94. The van der Waals surface area contributed by atoms with Crippen LogP contribution in [0.15, 0.2) is 18.2 Å². The number of piperidine rings is 1. The standard InChI is InChI=1S/C14H20FNO/c1-3-11-9-16-7-6-14(11,17)13-8-12(15)5-4-10(13)2/h4-5,8,11,16-17H,3,6-7,9H2,1-2H3. The van der Waals surface area contributed by atoms with E-state index in [-0.39, 0.29) is 11.7 Å². The van der Waals surface area contributed by atoms with Gasteiger partial charge in [0.15, 0.2) is 0 Å². The average molecular weight is 237 g/mol. The molecule has 94 valence electrons. The number of nitrogens with one attached hydrogen (secondary N) is 1. The molecule has 0 bridgehead atoms. The van der Waals surface area contributed by atoms with Gasteiger partial charge in [0, 0.05) is 12.5 Å². The third-order valence-corrected chi connectivity index (χ3v) is 3.91. The highest BCUT2D eigenvalue weighted by molar-refractivity contribution is 5.33. The van der Waals surface area contributed by atoms with Crippen molar-refractivity contribution in [2.45, 2.75) is 32.3 Å². The van der Waals surface area contributed by atoms with Crippen LogP contribution in [0.25, 0.3) is 0 Å². The zero-order chi connectivity index (χ0) is 12.5. The molecule has 0 aliphatic carbocycles. The minimum absolute atomic E-state index is 0.150. The monoisotopic (exact) mass is 237 g/mol. The Morgan fingerprint density at radius 3 is 3.00 bits per heavy atom. The van der Waals surface area contributed by atoms with Gasteiger partial charge in [-0.3, -0.25) is 0 Å². The van der Waals surface area contributed by atoms with Crippen LogP contribution in [-0.4, -0.2) is 18.2 Å². The van der Waals surface area contributed by atoms with Crippen LogP contribution in [0.4, 0.5) is 4.39 Å². The van der Waals surface area contributed by atoms with E-state index in [1.165, 1.54) is 12.1 Å². The summed E-state index contributed by atoms with van der Waals surface area (Å²) in [5.74, 6) is -0.121. The molecule has 3 heteroatoms. The molecular formula is C14H20FNO. The molecule has 2 atom stereocenters. The second-order valence-corrected chi connectivity index (χ2v) is 4.94. The molecule has 2 N–H and O–H groups in total. The highest BCUT2D eigenvalue weighted by Gasteiger charge is 2.40. The molecule has 1 aliphatic heterocycles. The summed E-state index contributed by atoms with van der Waals surface area (Å²) >= 11 is 0. The number of halogens is 1. The molecule has 0 spiro atoms. The van der Waals surface area contributed by atoms with E-state index in [1.807, 2.05) is 6.92 Å². The predicted molar refractivity (Wildman–Crippen MR) is 66.3 cm³/mol. The third kappa shape index (κ3) is 2.22. The first-order valence-corrected chi connectivity index (χ1v) is 6.27. The average Bonchev–Trinajstić information content (AvgIpc) is 2.33. The van der Waals surface area contributed by atoms with Crippen molar-refractivity contribution in [3.05, 3.63) is 35.1 Å². The number of benzene rings is 1. The van der Waals surface area contributed by atoms with Gasteiger partial charge in [0.1, 0.15) is 5.82 Å². The Labute approximate surface area is 102 Å². The highest BCUT2D eigenvalue weighted by Crippen LogP contribution is 2.38. The SMILES string of the molecule is CCC1CNCCC1(O)c1cc(F)ccc1C. The second kappa shape index (κ2) is 4.75. The summed E-state index contributed by atoms with van der Waals surface area (Å²) in [7, 11) is 0. The summed E-state index contributed by atoms with van der Waals surface area (Å²) in [6.45, 7) is 5.57. The maximum absolute atomic E-state index is 13.4. The highest BCUT2D eigenvalue weighted by atomic mass is 19.1. The van der Waals surface area contributed by atoms with Crippen molar-refractivity contribution in [3.8, 4) is 0 Å². The molecule has 0 saturated carbocycles. The van der Waals surface area contributed by atoms with E-state index in [0.29, 0.717) is 6.42 Å². The van der Waals surface area contributed by atoms with Crippen LogP contribution in [0.1, 0.15) is 30.9 Å². The summed E-state index contributed by atoms with van der Waals surface area (Å²) in [6, 6.07) is 4.69. The Hall–Kier alpha value is -0.930. The molecule has 1 heterocycles. The topological polar surface area (TPSA) is 32.3 Å². The Morgan fingerprint density at radius 1 is 1.53 bits per heavy atom. The number of hydrogen-bond acceptors (Lipinski definition) is 2. The van der Waals surface area contributed by atoms with Crippen LogP contribution >= 0.6 is 0 Å². The van der Waals surface area contributed by atoms with E-state index >= 15 is 0 Å². The summed E-state index contributed by atoms with van der Waals surface area (Å²) in [5.41, 5.74) is 0.840. The van der Waals surface area contributed by atoms with E-state index in [1.54, 1.807) is 6.07 Å². The summed E-state index contributed by atoms with van der Waals surface area (Å²) in [5, 5.41) is 14.2. The van der Waals surface area contributed by atoms with Gasteiger partial charge in [-0.25, -0.2) is 4.39 Å². The van der Waals surface area contributed by atoms with Crippen LogP contribution in [0.3, 0.4) is 0 Å². The number of hydrogen-bond donors (Lipinski definition) is 2. The van der Waals surface area contributed by atoms with Crippen molar-refractivity contribution in [3.63, 3.8) is 0 Å². The molecular weight excluding hydrogens is 217 g/mol. The van der Waals surface area contributed by atoms with Crippen molar-refractivity contribution in [1.29, 1.82) is 0 Å². The van der Waals surface area contributed by atoms with Crippen molar-refractivity contribution >= 4 is 0 Å². The first-order valence-electron chi connectivity index (χ1n) is 6.27. The Morgan fingerprint density at radius 2 is 2.29 bits per heavy atom. The van der Waals surface area contributed by atoms with Gasteiger partial charge in [-0.1, -0.05) is 13.0 Å². The molecule has 0 radical (unpaired) electrons. The first-order chi connectivity index (χ1) is 8.08. The van der Waals surface area contributed by atoms with E-state index in [4.69, 9.17) is 0 Å². The molecule has 1 aliphatic rings. The van der Waals surface area contributed by atoms with Crippen molar-refractivity contribution in [2.75, 3.05) is 13.1 Å². The molecule has 0 amide bonds. The lowest BCUT2D eigenvalue weighted by atomic mass is 9.74.